The van der Waals surface area contributed by atoms with Crippen LogP contribution in [0, 0.1) is 0 Å². The Hall–Kier alpha value is -3.45. The quantitative estimate of drug-likeness (QED) is 0.364. The smallest absolute Gasteiger partial charge is 0.167 e. The Labute approximate surface area is 166 Å². The van der Waals surface area contributed by atoms with Crippen LogP contribution < -0.4 is 0 Å². The second kappa shape index (κ2) is 8.49. The van der Waals surface area contributed by atoms with Crippen LogP contribution in [0.1, 0.15) is 27.0 Å². The highest BCUT2D eigenvalue weighted by Gasteiger charge is 2.09. The third kappa shape index (κ3) is 4.27. The maximum Gasteiger partial charge on any atom is 0.167 e. The minimum atomic E-state index is 0.148. The van der Waals surface area contributed by atoms with Gasteiger partial charge in [-0.05, 0) is 34.2 Å². The van der Waals surface area contributed by atoms with Crippen molar-refractivity contribution in [2.24, 2.45) is 0 Å². The average Bonchev–Trinajstić information content (AvgIpc) is 2.76. The van der Waals surface area contributed by atoms with E-state index in [2.05, 4.69) is 60.7 Å². The number of hydrogen-bond donors (Lipinski definition) is 0. The number of rotatable bonds is 6. The van der Waals surface area contributed by atoms with E-state index in [0.717, 1.165) is 23.1 Å². The van der Waals surface area contributed by atoms with Crippen LogP contribution in [-0.2, 0) is 12.8 Å². The molecule has 0 spiro atoms. The number of carbonyl (C=O) groups is 1. The van der Waals surface area contributed by atoms with Gasteiger partial charge in [0.15, 0.2) is 5.78 Å². The van der Waals surface area contributed by atoms with E-state index < -0.39 is 0 Å². The first kappa shape index (κ1) is 17.9. The van der Waals surface area contributed by atoms with Gasteiger partial charge < -0.3 is 0 Å². The van der Waals surface area contributed by atoms with Crippen LogP contribution >= 0.6 is 0 Å². The maximum atomic E-state index is 12.6. The van der Waals surface area contributed by atoms with Gasteiger partial charge in [0.1, 0.15) is 0 Å². The summed E-state index contributed by atoms with van der Waals surface area (Å²) in [7, 11) is 0. The van der Waals surface area contributed by atoms with Crippen LogP contribution in [0.4, 0.5) is 0 Å². The molecule has 136 valence electrons. The zero-order valence-corrected chi connectivity index (χ0v) is 15.7. The molecule has 0 aliphatic heterocycles. The summed E-state index contributed by atoms with van der Waals surface area (Å²) in [5.41, 5.74) is 6.75. The van der Waals surface area contributed by atoms with E-state index in [9.17, 15) is 4.79 Å². The van der Waals surface area contributed by atoms with Crippen molar-refractivity contribution in [3.8, 4) is 11.1 Å². The molecule has 0 aliphatic rings. The molecule has 0 unspecified atom stereocenters. The molecule has 4 aromatic carbocycles. The second-order valence-electron chi connectivity index (χ2n) is 6.98. The Morgan fingerprint density at radius 3 is 1.82 bits per heavy atom. The van der Waals surface area contributed by atoms with Crippen LogP contribution in [0.2, 0.25) is 0 Å². The van der Waals surface area contributed by atoms with E-state index >= 15 is 0 Å². The van der Waals surface area contributed by atoms with Crippen molar-refractivity contribution in [3.05, 3.63) is 131 Å². The van der Waals surface area contributed by atoms with Gasteiger partial charge in [0.05, 0.1) is 0 Å². The zero-order valence-electron chi connectivity index (χ0n) is 15.7. The van der Waals surface area contributed by atoms with Crippen molar-refractivity contribution < 1.29 is 4.79 Å². The van der Waals surface area contributed by atoms with Gasteiger partial charge in [-0.2, -0.15) is 0 Å². The molecular formula is C27H22O. The molecule has 0 saturated carbocycles. The molecule has 28 heavy (non-hydrogen) atoms. The van der Waals surface area contributed by atoms with E-state index in [1.807, 2.05) is 48.5 Å². The summed E-state index contributed by atoms with van der Waals surface area (Å²) in [4.78, 5) is 12.6. The molecule has 0 radical (unpaired) electrons. The minimum absolute atomic E-state index is 0.148. The lowest BCUT2D eigenvalue weighted by Gasteiger charge is -2.11. The van der Waals surface area contributed by atoms with Crippen LogP contribution in [0.3, 0.4) is 0 Å². The van der Waals surface area contributed by atoms with E-state index in [4.69, 9.17) is 0 Å². The zero-order chi connectivity index (χ0) is 19.2. The Balaban J connectivity index is 1.55. The van der Waals surface area contributed by atoms with Crippen LogP contribution in [0.25, 0.3) is 11.1 Å². The fourth-order valence-electron chi connectivity index (χ4n) is 3.49. The van der Waals surface area contributed by atoms with Gasteiger partial charge in [-0.3, -0.25) is 4.79 Å². The van der Waals surface area contributed by atoms with Crippen molar-refractivity contribution in [2.45, 2.75) is 12.8 Å². The van der Waals surface area contributed by atoms with Crippen LogP contribution in [0.5, 0.6) is 0 Å². The fraction of sp³-hybridized carbons (Fsp3) is 0.0741. The van der Waals surface area contributed by atoms with Gasteiger partial charge in [-0.25, -0.2) is 0 Å². The first-order valence-electron chi connectivity index (χ1n) is 9.59. The SMILES string of the molecule is O=C(Cc1ccccc1)c1ccc(-c2ccccc2Cc2ccccc2)cc1. The maximum absolute atomic E-state index is 12.6. The van der Waals surface area contributed by atoms with Crippen LogP contribution in [0.15, 0.2) is 109 Å². The van der Waals surface area contributed by atoms with Crippen molar-refractivity contribution in [2.75, 3.05) is 0 Å². The third-order valence-electron chi connectivity index (χ3n) is 4.98. The first-order chi connectivity index (χ1) is 13.8. The Bertz CT molecular complexity index is 1050. The third-order valence-corrected chi connectivity index (χ3v) is 4.98. The molecule has 0 aromatic heterocycles. The van der Waals surface area contributed by atoms with E-state index in [0.29, 0.717) is 6.42 Å². The number of hydrogen-bond acceptors (Lipinski definition) is 1. The van der Waals surface area contributed by atoms with Gasteiger partial charge in [0.25, 0.3) is 0 Å². The van der Waals surface area contributed by atoms with Gasteiger partial charge in [0, 0.05) is 12.0 Å². The lowest BCUT2D eigenvalue weighted by Crippen LogP contribution is -2.03. The summed E-state index contributed by atoms with van der Waals surface area (Å²) in [6.45, 7) is 0. The number of benzene rings is 4. The average molecular weight is 362 g/mol. The highest BCUT2D eigenvalue weighted by atomic mass is 16.1. The molecule has 4 rings (SSSR count). The van der Waals surface area contributed by atoms with E-state index in [-0.39, 0.29) is 5.78 Å². The van der Waals surface area contributed by atoms with Gasteiger partial charge >= 0.3 is 0 Å². The monoisotopic (exact) mass is 362 g/mol. The molecule has 1 heteroatoms. The molecule has 0 heterocycles. The molecule has 0 fully saturated rings. The Morgan fingerprint density at radius 1 is 0.571 bits per heavy atom. The van der Waals surface area contributed by atoms with E-state index in [1.165, 1.54) is 16.7 Å². The number of ketones is 1. The normalized spacial score (nSPS) is 10.6. The standard InChI is InChI=1S/C27H22O/c28-27(20-22-11-5-2-6-12-22)24-17-15-23(16-18-24)26-14-8-7-13-25(26)19-21-9-3-1-4-10-21/h1-18H,19-20H2. The summed E-state index contributed by atoms with van der Waals surface area (Å²) < 4.78 is 0. The van der Waals surface area contributed by atoms with Crippen molar-refractivity contribution in [3.63, 3.8) is 0 Å². The molecule has 0 saturated heterocycles. The lowest BCUT2D eigenvalue weighted by atomic mass is 9.93. The Morgan fingerprint density at radius 2 is 1.14 bits per heavy atom. The molecule has 0 amide bonds. The van der Waals surface area contributed by atoms with Crippen molar-refractivity contribution in [1.29, 1.82) is 0 Å². The highest BCUT2D eigenvalue weighted by Crippen LogP contribution is 2.26. The summed E-state index contributed by atoms with van der Waals surface area (Å²) in [6, 6.07) is 36.9. The molecule has 0 aliphatic carbocycles. The largest absolute Gasteiger partial charge is 0.294 e. The van der Waals surface area contributed by atoms with Gasteiger partial charge in [0.2, 0.25) is 0 Å². The summed E-state index contributed by atoms with van der Waals surface area (Å²) >= 11 is 0. The fourth-order valence-corrected chi connectivity index (χ4v) is 3.49. The molecular weight excluding hydrogens is 340 g/mol. The van der Waals surface area contributed by atoms with Gasteiger partial charge in [-0.1, -0.05) is 109 Å². The molecule has 0 bridgehead atoms. The van der Waals surface area contributed by atoms with Crippen molar-refractivity contribution in [1.82, 2.24) is 0 Å². The molecule has 4 aromatic rings. The topological polar surface area (TPSA) is 17.1 Å². The minimum Gasteiger partial charge on any atom is -0.294 e. The van der Waals surface area contributed by atoms with E-state index in [1.54, 1.807) is 0 Å². The lowest BCUT2D eigenvalue weighted by molar-refractivity contribution is 0.0993. The van der Waals surface area contributed by atoms with Crippen LogP contribution in [-0.4, -0.2) is 5.78 Å². The molecule has 1 nitrogen and oxygen atoms in total. The predicted octanol–water partition coefficient (Wildman–Crippen LogP) is 6.37. The molecule has 0 atom stereocenters. The second-order valence-corrected chi connectivity index (χ2v) is 6.98. The summed E-state index contributed by atoms with van der Waals surface area (Å²) in [6.07, 6.45) is 1.33. The predicted molar refractivity (Wildman–Crippen MR) is 116 cm³/mol. The first-order valence-corrected chi connectivity index (χ1v) is 9.59. The molecule has 0 N–H and O–H groups in total. The summed E-state index contributed by atoms with van der Waals surface area (Å²) in [5.74, 6) is 0.148. The Kier molecular flexibility index (Phi) is 5.44. The number of carbonyl (C=O) groups excluding carboxylic acids is 1. The van der Waals surface area contributed by atoms with Crippen molar-refractivity contribution >= 4 is 5.78 Å². The van der Waals surface area contributed by atoms with Gasteiger partial charge in [-0.15, -0.1) is 0 Å². The highest BCUT2D eigenvalue weighted by molar-refractivity contribution is 5.97. The number of Topliss-reactive ketones (excluding diaryl/α,β-unsaturated/α-hetero) is 1. The summed E-state index contributed by atoms with van der Waals surface area (Å²) in [5, 5.41) is 0.